The van der Waals surface area contributed by atoms with Crippen molar-refractivity contribution in [1.29, 1.82) is 0 Å². The topological polar surface area (TPSA) is 15.6 Å². The van der Waals surface area contributed by atoms with Gasteiger partial charge >= 0.3 is 0 Å². The van der Waals surface area contributed by atoms with Crippen molar-refractivity contribution < 1.29 is 0 Å². The van der Waals surface area contributed by atoms with Gasteiger partial charge in [0.05, 0.1) is 0 Å². The average molecular weight is 222 g/mol. The van der Waals surface area contributed by atoms with Gasteiger partial charge in [0.2, 0.25) is 0 Å². The van der Waals surface area contributed by atoms with E-state index in [1.807, 2.05) is 0 Å². The minimum Gasteiger partial charge on any atom is -0.357 e. The first-order valence-corrected chi connectivity index (χ1v) is 6.29. The van der Waals surface area contributed by atoms with Crippen LogP contribution in [0.25, 0.3) is 0 Å². The Morgan fingerprint density at radius 2 is 2.06 bits per heavy atom. The quantitative estimate of drug-likeness (QED) is 0.695. The molecule has 1 atom stereocenters. The molecule has 2 rings (SSSR count). The van der Waals surface area contributed by atoms with Crippen molar-refractivity contribution >= 4 is 6.21 Å². The number of hydrogen-bond acceptors (Lipinski definition) is 2. The maximum atomic E-state index is 4.55. The van der Waals surface area contributed by atoms with Gasteiger partial charge in [-0.1, -0.05) is 27.7 Å². The molecule has 1 fully saturated rings. The van der Waals surface area contributed by atoms with Gasteiger partial charge in [0.15, 0.2) is 0 Å². The van der Waals surface area contributed by atoms with Gasteiger partial charge in [-0.05, 0) is 37.2 Å². The van der Waals surface area contributed by atoms with Crippen molar-refractivity contribution in [2.24, 2.45) is 16.8 Å². The van der Waals surface area contributed by atoms with Crippen LogP contribution >= 0.6 is 0 Å². The smallest absolute Gasteiger partial charge is 0.124 e. The molecule has 0 saturated carbocycles. The van der Waals surface area contributed by atoms with Crippen LogP contribution in [0.3, 0.4) is 0 Å². The summed E-state index contributed by atoms with van der Waals surface area (Å²) in [5, 5.41) is 0. The molecule has 2 aliphatic heterocycles. The van der Waals surface area contributed by atoms with Crippen molar-refractivity contribution in [3.8, 4) is 0 Å². The first-order chi connectivity index (χ1) is 7.29. The Labute approximate surface area is 100 Å². The van der Waals surface area contributed by atoms with Gasteiger partial charge < -0.3 is 4.90 Å². The number of hydrogen-bond donors (Lipinski definition) is 0. The second kappa shape index (κ2) is 6.07. The van der Waals surface area contributed by atoms with Gasteiger partial charge in [-0.15, -0.1) is 0 Å². The van der Waals surface area contributed by atoms with Crippen molar-refractivity contribution in [1.82, 2.24) is 4.90 Å². The van der Waals surface area contributed by atoms with Crippen LogP contribution in [0.4, 0.5) is 0 Å². The molecule has 0 spiro atoms. The third kappa shape index (κ3) is 3.10. The predicted molar refractivity (Wildman–Crippen MR) is 71.7 cm³/mol. The Kier molecular flexibility index (Phi) is 5.04. The van der Waals surface area contributed by atoms with Crippen molar-refractivity contribution in [3.63, 3.8) is 0 Å². The van der Waals surface area contributed by atoms with E-state index in [4.69, 9.17) is 0 Å². The van der Waals surface area contributed by atoms with Crippen molar-refractivity contribution in [3.05, 3.63) is 11.9 Å². The highest BCUT2D eigenvalue weighted by Gasteiger charge is 2.20. The van der Waals surface area contributed by atoms with Crippen LogP contribution in [0.1, 0.15) is 47.0 Å². The lowest BCUT2D eigenvalue weighted by Gasteiger charge is -2.34. The Morgan fingerprint density at radius 1 is 1.38 bits per heavy atom. The minimum absolute atomic E-state index is 0. The molecule has 0 radical (unpaired) electrons. The van der Waals surface area contributed by atoms with Crippen LogP contribution in [0.15, 0.2) is 16.9 Å². The molecule has 92 valence electrons. The summed E-state index contributed by atoms with van der Waals surface area (Å²) in [5.74, 6) is 2.80. The molecular weight excluding hydrogens is 196 g/mol. The number of likely N-dealkylation sites (tertiary alicyclic amines) is 1. The normalized spacial score (nSPS) is 26.2. The lowest BCUT2D eigenvalue weighted by Crippen LogP contribution is -2.33. The summed E-state index contributed by atoms with van der Waals surface area (Å²) in [6.07, 6.45) is 9.59. The predicted octanol–water partition coefficient (Wildman–Crippen LogP) is 3.70. The number of nitrogens with zero attached hydrogens (tertiary/aromatic N) is 2. The highest BCUT2D eigenvalue weighted by molar-refractivity contribution is 5.63. The van der Waals surface area contributed by atoms with E-state index >= 15 is 0 Å². The Bertz CT molecular complexity index is 260. The van der Waals surface area contributed by atoms with E-state index in [0.717, 1.165) is 12.3 Å². The zero-order valence-electron chi connectivity index (χ0n) is 9.95. The summed E-state index contributed by atoms with van der Waals surface area (Å²) in [5.41, 5.74) is 0. The van der Waals surface area contributed by atoms with Gasteiger partial charge in [-0.2, -0.15) is 0 Å². The maximum absolute atomic E-state index is 4.55. The van der Waals surface area contributed by atoms with E-state index in [-0.39, 0.29) is 7.43 Å². The lowest BCUT2D eigenvalue weighted by molar-refractivity contribution is 0.220. The van der Waals surface area contributed by atoms with Crippen molar-refractivity contribution in [2.45, 2.75) is 47.0 Å². The molecule has 0 aromatic heterocycles. The van der Waals surface area contributed by atoms with Crippen molar-refractivity contribution in [2.75, 3.05) is 13.1 Å². The van der Waals surface area contributed by atoms with Crippen LogP contribution in [0.2, 0.25) is 0 Å². The van der Waals surface area contributed by atoms with Crippen LogP contribution in [0, 0.1) is 11.8 Å². The molecule has 1 saturated heterocycles. The monoisotopic (exact) mass is 222 g/mol. The molecule has 0 aromatic rings. The largest absolute Gasteiger partial charge is 0.357 e. The zero-order valence-corrected chi connectivity index (χ0v) is 9.95. The second-order valence-electron chi connectivity index (χ2n) is 4.89. The molecular formula is C14H26N2. The molecule has 0 aromatic carbocycles. The molecule has 16 heavy (non-hydrogen) atoms. The Balaban J connectivity index is 0.00000128. The highest BCUT2D eigenvalue weighted by Crippen LogP contribution is 2.24. The van der Waals surface area contributed by atoms with Crippen LogP contribution in [0.5, 0.6) is 0 Å². The maximum Gasteiger partial charge on any atom is 0.124 e. The van der Waals surface area contributed by atoms with Gasteiger partial charge in [0.1, 0.15) is 5.82 Å². The zero-order chi connectivity index (χ0) is 10.7. The second-order valence-corrected chi connectivity index (χ2v) is 4.89. The van der Waals surface area contributed by atoms with E-state index in [2.05, 4.69) is 36.0 Å². The molecule has 2 heteroatoms. The first-order valence-electron chi connectivity index (χ1n) is 6.29. The fraction of sp³-hybridized carbons (Fsp3) is 0.786. The van der Waals surface area contributed by atoms with Crippen LogP contribution in [-0.2, 0) is 0 Å². The average Bonchev–Trinajstić information content (AvgIpc) is 2.30. The fourth-order valence-corrected chi connectivity index (χ4v) is 2.39. The third-order valence-corrected chi connectivity index (χ3v) is 3.65. The van der Waals surface area contributed by atoms with E-state index in [1.54, 1.807) is 0 Å². The van der Waals surface area contributed by atoms with Gasteiger partial charge in [-0.25, -0.2) is 4.99 Å². The van der Waals surface area contributed by atoms with E-state index < -0.39 is 0 Å². The van der Waals surface area contributed by atoms with E-state index in [9.17, 15) is 0 Å². The minimum atomic E-state index is 0. The summed E-state index contributed by atoms with van der Waals surface area (Å²) in [7, 11) is 0. The summed E-state index contributed by atoms with van der Waals surface area (Å²) in [4.78, 5) is 7.00. The number of allylic oxidation sites excluding steroid dienone is 1. The van der Waals surface area contributed by atoms with Crippen LogP contribution < -0.4 is 0 Å². The molecule has 0 N–H and O–H groups in total. The van der Waals surface area contributed by atoms with Gasteiger partial charge in [-0.3, -0.25) is 0 Å². The molecule has 0 bridgehead atoms. The fourth-order valence-electron chi connectivity index (χ4n) is 2.39. The molecule has 0 amide bonds. The van der Waals surface area contributed by atoms with Gasteiger partial charge in [0, 0.05) is 19.3 Å². The number of aliphatic imine (C=N–C) groups is 1. The third-order valence-electron chi connectivity index (χ3n) is 3.65. The SMILES string of the molecule is C.CCC1CCN(C2=CCC(C)C=N2)CC1. The Morgan fingerprint density at radius 3 is 2.56 bits per heavy atom. The summed E-state index contributed by atoms with van der Waals surface area (Å²) >= 11 is 0. The Hall–Kier alpha value is -0.790. The number of rotatable bonds is 2. The summed E-state index contributed by atoms with van der Waals surface area (Å²) < 4.78 is 0. The highest BCUT2D eigenvalue weighted by atomic mass is 15.2. The van der Waals surface area contributed by atoms with E-state index in [1.165, 1.54) is 38.2 Å². The number of piperidine rings is 1. The first kappa shape index (κ1) is 13.3. The molecule has 2 nitrogen and oxygen atoms in total. The standard InChI is InChI=1S/C13H22N2.CH4/c1-3-12-6-8-15(9-7-12)13-5-4-11(2)10-14-13;/h5,10-12H,3-4,6-9H2,1-2H3;1H4. The lowest BCUT2D eigenvalue weighted by atomic mass is 9.94. The molecule has 0 aliphatic carbocycles. The molecule has 1 unspecified atom stereocenters. The molecule has 2 aliphatic rings. The summed E-state index contributed by atoms with van der Waals surface area (Å²) in [6, 6.07) is 0. The molecule has 2 heterocycles. The van der Waals surface area contributed by atoms with Crippen LogP contribution in [-0.4, -0.2) is 24.2 Å². The summed E-state index contributed by atoms with van der Waals surface area (Å²) in [6.45, 7) is 6.94. The van der Waals surface area contributed by atoms with E-state index in [0.29, 0.717) is 5.92 Å². The van der Waals surface area contributed by atoms with Gasteiger partial charge in [0.25, 0.3) is 0 Å².